The van der Waals surface area contributed by atoms with Gasteiger partial charge in [0.25, 0.3) is 5.19 Å². The summed E-state index contributed by atoms with van der Waals surface area (Å²) in [4.78, 5) is 22.3. The third kappa shape index (κ3) is 5.23. The van der Waals surface area contributed by atoms with E-state index in [2.05, 4.69) is 15.1 Å². The molecule has 0 N–H and O–H groups in total. The van der Waals surface area contributed by atoms with Gasteiger partial charge in [0.15, 0.2) is 11.5 Å². The number of fused-ring (bicyclic) bond motifs is 2. The molecule has 0 spiro atoms. The van der Waals surface area contributed by atoms with Gasteiger partial charge in [-0.3, -0.25) is 4.79 Å². The molecule has 0 aliphatic carbocycles. The van der Waals surface area contributed by atoms with Crippen molar-refractivity contribution in [3.05, 3.63) is 88.3 Å². The van der Waals surface area contributed by atoms with Crippen molar-refractivity contribution in [1.82, 2.24) is 19.6 Å². The second-order valence-electron chi connectivity index (χ2n) is 9.10. The highest BCUT2D eigenvalue weighted by molar-refractivity contribution is 7.18. The quantitative estimate of drug-likeness (QED) is 0.141. The van der Waals surface area contributed by atoms with Gasteiger partial charge in [0.1, 0.15) is 34.5 Å². The molecule has 0 saturated heterocycles. The first-order chi connectivity index (χ1) is 19.4. The van der Waals surface area contributed by atoms with Gasteiger partial charge in [0.2, 0.25) is 4.96 Å². The molecule has 11 heteroatoms. The monoisotopic (exact) mass is 574 g/mol. The number of nitrogens with zero attached hydrogens (tertiary/aromatic N) is 4. The number of imidazole rings is 1. The van der Waals surface area contributed by atoms with Crippen molar-refractivity contribution in [1.29, 1.82) is 0 Å². The molecule has 0 bridgehead atoms. The zero-order valence-corrected chi connectivity index (χ0v) is 23.4. The van der Waals surface area contributed by atoms with Crippen LogP contribution in [0.2, 0.25) is 5.15 Å². The molecular weight excluding hydrogens is 552 g/mol. The number of carbonyl (C=O) groups is 1. The lowest BCUT2D eigenvalue weighted by atomic mass is 10.0. The number of furan rings is 1. The lowest BCUT2D eigenvalue weighted by molar-refractivity contribution is 0.0992. The van der Waals surface area contributed by atoms with Crippen molar-refractivity contribution in [2.24, 2.45) is 0 Å². The average Bonchev–Trinajstić information content (AvgIpc) is 3.64. The third-order valence-corrected chi connectivity index (χ3v) is 7.33. The number of hydrogen-bond acceptors (Lipinski definition) is 9. The van der Waals surface area contributed by atoms with Crippen LogP contribution in [-0.2, 0) is 13.0 Å². The van der Waals surface area contributed by atoms with Crippen LogP contribution in [0.15, 0.2) is 65.2 Å². The number of methoxy groups -OCH3 is 2. The van der Waals surface area contributed by atoms with Gasteiger partial charge in [-0.2, -0.15) is 0 Å². The van der Waals surface area contributed by atoms with Gasteiger partial charge in [0.05, 0.1) is 25.8 Å². The van der Waals surface area contributed by atoms with Gasteiger partial charge < -0.3 is 18.6 Å². The number of hydrogen-bond donors (Lipinski definition) is 0. The summed E-state index contributed by atoms with van der Waals surface area (Å²) >= 11 is 7.38. The summed E-state index contributed by atoms with van der Waals surface area (Å²) in [6.07, 6.45) is 2.03. The van der Waals surface area contributed by atoms with Crippen molar-refractivity contribution in [2.75, 3.05) is 14.2 Å². The van der Waals surface area contributed by atoms with Crippen molar-refractivity contribution < 1.29 is 23.4 Å². The van der Waals surface area contributed by atoms with Gasteiger partial charge >= 0.3 is 0 Å². The van der Waals surface area contributed by atoms with E-state index in [0.717, 1.165) is 16.5 Å². The Morgan fingerprint density at radius 2 is 1.90 bits per heavy atom. The van der Waals surface area contributed by atoms with Crippen molar-refractivity contribution in [3.8, 4) is 28.1 Å². The molecule has 4 heterocycles. The molecule has 0 aliphatic rings. The van der Waals surface area contributed by atoms with Crippen LogP contribution < -0.4 is 14.2 Å². The normalized spacial score (nSPS) is 11.3. The summed E-state index contributed by atoms with van der Waals surface area (Å²) in [6, 6.07) is 16.6. The standard InChI is InChI=1S/C29H23ClN4O5S/c1-16-7-19(10-27(30)31-16)23(35)9-17-5-4-6-18(8-17)15-38-24-11-20(36-2)12-25-21(24)13-26(39-25)22-14-34-28(32-22)40-29(33-34)37-3/h4-8,10-14H,9,15H2,1-3H3. The fourth-order valence-corrected chi connectivity index (χ4v) is 5.35. The second-order valence-corrected chi connectivity index (χ2v) is 10.4. The highest BCUT2D eigenvalue weighted by atomic mass is 35.5. The van der Waals surface area contributed by atoms with Crippen molar-refractivity contribution >= 4 is 44.7 Å². The first-order valence-electron chi connectivity index (χ1n) is 12.3. The summed E-state index contributed by atoms with van der Waals surface area (Å²) in [7, 11) is 3.16. The van der Waals surface area contributed by atoms with E-state index in [9.17, 15) is 4.79 Å². The molecule has 0 fully saturated rings. The Labute approximate surface area is 237 Å². The Hall–Kier alpha value is -4.41. The molecular formula is C29H23ClN4O5S. The minimum atomic E-state index is -0.0290. The minimum absolute atomic E-state index is 0.0290. The number of ether oxygens (including phenoxy) is 3. The number of ketones is 1. The molecule has 2 aromatic carbocycles. The van der Waals surface area contributed by atoms with Crippen LogP contribution in [0, 0.1) is 6.92 Å². The summed E-state index contributed by atoms with van der Waals surface area (Å²) in [5, 5.41) is 5.95. The SMILES string of the molecule is COc1cc(OCc2cccc(CC(=O)c3cc(C)nc(Cl)c3)c2)c2cc(-c3cn4nc(OC)sc4n3)oc2c1. The lowest BCUT2D eigenvalue weighted by Crippen LogP contribution is -2.05. The van der Waals surface area contributed by atoms with E-state index < -0.39 is 0 Å². The number of pyridine rings is 1. The van der Waals surface area contributed by atoms with E-state index in [1.54, 1.807) is 37.1 Å². The molecule has 0 radical (unpaired) electrons. The summed E-state index contributed by atoms with van der Waals surface area (Å²) in [5.41, 5.74) is 4.30. The van der Waals surface area contributed by atoms with E-state index in [1.165, 1.54) is 11.3 Å². The maximum atomic E-state index is 12.9. The molecule has 0 amide bonds. The number of carbonyl (C=O) groups excluding carboxylic acids is 1. The van der Waals surface area contributed by atoms with E-state index >= 15 is 0 Å². The lowest BCUT2D eigenvalue weighted by Gasteiger charge is -2.10. The molecule has 40 heavy (non-hydrogen) atoms. The van der Waals surface area contributed by atoms with Gasteiger partial charge in [-0.1, -0.05) is 35.9 Å². The molecule has 0 atom stereocenters. The molecule has 0 saturated carbocycles. The maximum Gasteiger partial charge on any atom is 0.294 e. The van der Waals surface area contributed by atoms with Crippen LogP contribution in [0.3, 0.4) is 0 Å². The Bertz CT molecular complexity index is 1820. The maximum absolute atomic E-state index is 12.9. The first kappa shape index (κ1) is 25.8. The Morgan fingerprint density at radius 3 is 2.67 bits per heavy atom. The summed E-state index contributed by atoms with van der Waals surface area (Å²) in [5.74, 6) is 1.76. The first-order valence-corrected chi connectivity index (χ1v) is 13.5. The van der Waals surface area contributed by atoms with Crippen LogP contribution in [0.4, 0.5) is 0 Å². The molecule has 4 aromatic heterocycles. The topological polar surface area (TPSA) is 101 Å². The van der Waals surface area contributed by atoms with Gasteiger partial charge in [-0.25, -0.2) is 14.5 Å². The smallest absolute Gasteiger partial charge is 0.294 e. The van der Waals surface area contributed by atoms with Crippen molar-refractivity contribution in [2.45, 2.75) is 20.0 Å². The fraction of sp³-hybridized carbons (Fsp3) is 0.172. The van der Waals surface area contributed by atoms with E-state index in [4.69, 9.17) is 30.2 Å². The largest absolute Gasteiger partial charge is 0.496 e. The zero-order chi connectivity index (χ0) is 27.8. The average molecular weight is 575 g/mol. The van der Waals surface area contributed by atoms with Crippen LogP contribution in [0.1, 0.15) is 27.2 Å². The van der Waals surface area contributed by atoms with Crippen LogP contribution in [0.5, 0.6) is 16.7 Å². The summed E-state index contributed by atoms with van der Waals surface area (Å²) in [6.45, 7) is 2.10. The molecule has 0 unspecified atom stereocenters. The molecule has 0 aliphatic heterocycles. The van der Waals surface area contributed by atoms with E-state index in [-0.39, 0.29) is 18.8 Å². The Balaban J connectivity index is 1.23. The fourth-order valence-electron chi connectivity index (χ4n) is 4.40. The second kappa shape index (κ2) is 10.6. The molecule has 6 aromatic rings. The predicted octanol–water partition coefficient (Wildman–Crippen LogP) is 6.58. The summed E-state index contributed by atoms with van der Waals surface area (Å²) < 4.78 is 24.7. The third-order valence-electron chi connectivity index (χ3n) is 6.25. The number of benzene rings is 2. The highest BCUT2D eigenvalue weighted by Gasteiger charge is 2.17. The van der Waals surface area contributed by atoms with Crippen LogP contribution >= 0.6 is 22.9 Å². The number of Topliss-reactive ketones (excluding diaryl/α,β-unsaturated/α-hetero) is 1. The van der Waals surface area contributed by atoms with Crippen molar-refractivity contribution in [3.63, 3.8) is 0 Å². The van der Waals surface area contributed by atoms with Crippen LogP contribution in [-0.4, -0.2) is 39.6 Å². The Morgan fingerprint density at radius 1 is 1.05 bits per heavy atom. The minimum Gasteiger partial charge on any atom is -0.496 e. The number of rotatable bonds is 9. The Kier molecular flexibility index (Phi) is 6.87. The molecule has 6 rings (SSSR count). The van der Waals surface area contributed by atoms with Gasteiger partial charge in [-0.15, -0.1) is 5.10 Å². The highest BCUT2D eigenvalue weighted by Crippen LogP contribution is 2.37. The number of aromatic nitrogens is 4. The van der Waals surface area contributed by atoms with Gasteiger partial charge in [0, 0.05) is 29.8 Å². The number of halogens is 1. The zero-order valence-electron chi connectivity index (χ0n) is 21.8. The van der Waals surface area contributed by atoms with Crippen LogP contribution in [0.25, 0.3) is 27.4 Å². The van der Waals surface area contributed by atoms with E-state index in [0.29, 0.717) is 55.1 Å². The molecule has 202 valence electrons. The van der Waals surface area contributed by atoms with E-state index in [1.807, 2.05) is 49.4 Å². The van der Waals surface area contributed by atoms with Gasteiger partial charge in [-0.05, 0) is 47.6 Å². The molecule has 9 nitrogen and oxygen atoms in total. The predicted molar refractivity (Wildman–Crippen MR) is 152 cm³/mol. The number of aryl methyl sites for hydroxylation is 1.